The summed E-state index contributed by atoms with van der Waals surface area (Å²) < 4.78 is 15.5. The second-order valence-electron chi connectivity index (χ2n) is 4.73. The molecule has 1 rings (SSSR count). The molecule has 1 aromatic carbocycles. The van der Waals surface area contributed by atoms with Crippen LogP contribution in [0.3, 0.4) is 0 Å². The SMILES string of the molecule is COc1ccc(Cl)cc1CC(C)(O)CC(OC)OC. The monoisotopic (exact) mass is 288 g/mol. The fourth-order valence-corrected chi connectivity index (χ4v) is 2.18. The van der Waals surface area contributed by atoms with E-state index in [9.17, 15) is 5.11 Å². The van der Waals surface area contributed by atoms with Crippen LogP contribution in [0.15, 0.2) is 18.2 Å². The fraction of sp³-hybridized carbons (Fsp3) is 0.571. The zero-order valence-corrected chi connectivity index (χ0v) is 12.5. The van der Waals surface area contributed by atoms with Crippen LogP contribution in [0.5, 0.6) is 5.75 Å². The van der Waals surface area contributed by atoms with Crippen molar-refractivity contribution in [1.29, 1.82) is 0 Å². The average Bonchev–Trinajstić information content (AvgIpc) is 2.35. The number of aliphatic hydroxyl groups is 1. The van der Waals surface area contributed by atoms with E-state index in [1.54, 1.807) is 46.5 Å². The van der Waals surface area contributed by atoms with Crippen LogP contribution in [-0.4, -0.2) is 38.3 Å². The van der Waals surface area contributed by atoms with Crippen LogP contribution in [0.4, 0.5) is 0 Å². The van der Waals surface area contributed by atoms with E-state index in [-0.39, 0.29) is 0 Å². The fourth-order valence-electron chi connectivity index (χ4n) is 1.99. The maximum absolute atomic E-state index is 10.5. The first kappa shape index (κ1) is 16.2. The van der Waals surface area contributed by atoms with E-state index in [2.05, 4.69) is 0 Å². The molecule has 0 saturated carbocycles. The minimum Gasteiger partial charge on any atom is -0.496 e. The van der Waals surface area contributed by atoms with Gasteiger partial charge in [-0.05, 0) is 30.7 Å². The maximum atomic E-state index is 10.5. The summed E-state index contributed by atoms with van der Waals surface area (Å²) in [5.41, 5.74) is -0.125. The Labute approximate surface area is 119 Å². The molecule has 0 aliphatic rings. The molecule has 4 nitrogen and oxygen atoms in total. The largest absolute Gasteiger partial charge is 0.496 e. The lowest BCUT2D eigenvalue weighted by molar-refractivity contribution is -0.139. The Morgan fingerprint density at radius 2 is 1.89 bits per heavy atom. The van der Waals surface area contributed by atoms with E-state index in [0.29, 0.717) is 23.6 Å². The first-order chi connectivity index (χ1) is 8.91. The predicted molar refractivity (Wildman–Crippen MR) is 74.8 cm³/mol. The molecule has 0 radical (unpaired) electrons. The van der Waals surface area contributed by atoms with Crippen LogP contribution < -0.4 is 4.74 Å². The molecule has 0 amide bonds. The molecule has 1 atom stereocenters. The van der Waals surface area contributed by atoms with Crippen molar-refractivity contribution < 1.29 is 19.3 Å². The molecule has 0 aliphatic heterocycles. The van der Waals surface area contributed by atoms with Crippen LogP contribution in [0, 0.1) is 0 Å². The maximum Gasteiger partial charge on any atom is 0.159 e. The highest BCUT2D eigenvalue weighted by molar-refractivity contribution is 6.30. The third kappa shape index (κ3) is 4.99. The van der Waals surface area contributed by atoms with Gasteiger partial charge in [0.15, 0.2) is 6.29 Å². The van der Waals surface area contributed by atoms with Crippen LogP contribution in [0.1, 0.15) is 18.9 Å². The van der Waals surface area contributed by atoms with Crippen LogP contribution in [-0.2, 0) is 15.9 Å². The van der Waals surface area contributed by atoms with Crippen LogP contribution in [0.2, 0.25) is 5.02 Å². The van der Waals surface area contributed by atoms with Gasteiger partial charge in [-0.3, -0.25) is 0 Å². The Morgan fingerprint density at radius 3 is 2.42 bits per heavy atom. The van der Waals surface area contributed by atoms with Crippen molar-refractivity contribution in [1.82, 2.24) is 0 Å². The van der Waals surface area contributed by atoms with Gasteiger partial charge in [-0.15, -0.1) is 0 Å². The van der Waals surface area contributed by atoms with Crippen LogP contribution in [0.25, 0.3) is 0 Å². The number of rotatable bonds is 7. The summed E-state index contributed by atoms with van der Waals surface area (Å²) in [6, 6.07) is 5.34. The minimum absolute atomic E-state index is 0.357. The summed E-state index contributed by atoms with van der Waals surface area (Å²) in [7, 11) is 4.68. The van der Waals surface area contributed by atoms with Crippen molar-refractivity contribution in [3.8, 4) is 5.75 Å². The number of hydrogen-bond donors (Lipinski definition) is 1. The molecule has 1 aromatic rings. The first-order valence-corrected chi connectivity index (χ1v) is 6.40. The molecule has 1 unspecified atom stereocenters. The molecular formula is C14H21ClO4. The van der Waals surface area contributed by atoms with Crippen molar-refractivity contribution in [2.45, 2.75) is 31.7 Å². The highest BCUT2D eigenvalue weighted by Crippen LogP contribution is 2.28. The third-order valence-electron chi connectivity index (χ3n) is 2.95. The van der Waals surface area contributed by atoms with Gasteiger partial charge in [0.05, 0.1) is 12.7 Å². The molecule has 0 fully saturated rings. The van der Waals surface area contributed by atoms with Crippen molar-refractivity contribution in [3.05, 3.63) is 28.8 Å². The molecule has 19 heavy (non-hydrogen) atoms. The second kappa shape index (κ2) is 7.10. The quantitative estimate of drug-likeness (QED) is 0.784. The molecular weight excluding hydrogens is 268 g/mol. The summed E-state index contributed by atoms with van der Waals surface area (Å²) in [6.45, 7) is 1.73. The van der Waals surface area contributed by atoms with Gasteiger partial charge in [-0.25, -0.2) is 0 Å². The molecule has 5 heteroatoms. The topological polar surface area (TPSA) is 47.9 Å². The van der Waals surface area contributed by atoms with Crippen LogP contribution >= 0.6 is 11.6 Å². The van der Waals surface area contributed by atoms with Crippen molar-refractivity contribution in [2.75, 3.05) is 21.3 Å². The summed E-state index contributed by atoms with van der Waals surface area (Å²) in [5, 5.41) is 11.1. The van der Waals surface area contributed by atoms with Gasteiger partial charge in [0, 0.05) is 32.1 Å². The van der Waals surface area contributed by atoms with E-state index in [0.717, 1.165) is 5.56 Å². The average molecular weight is 289 g/mol. The van der Waals surface area contributed by atoms with E-state index in [1.165, 1.54) is 0 Å². The molecule has 108 valence electrons. The highest BCUT2D eigenvalue weighted by Gasteiger charge is 2.27. The van der Waals surface area contributed by atoms with Gasteiger partial charge in [-0.1, -0.05) is 11.6 Å². The second-order valence-corrected chi connectivity index (χ2v) is 5.17. The van der Waals surface area contributed by atoms with E-state index < -0.39 is 11.9 Å². The van der Waals surface area contributed by atoms with Crippen molar-refractivity contribution in [3.63, 3.8) is 0 Å². The number of methoxy groups -OCH3 is 3. The number of ether oxygens (including phenoxy) is 3. The predicted octanol–water partition coefficient (Wildman–Crippen LogP) is 2.65. The van der Waals surface area contributed by atoms with Crippen molar-refractivity contribution in [2.24, 2.45) is 0 Å². The highest BCUT2D eigenvalue weighted by atomic mass is 35.5. The molecule has 1 N–H and O–H groups in total. The van der Waals surface area contributed by atoms with E-state index in [1.807, 2.05) is 0 Å². The van der Waals surface area contributed by atoms with Gasteiger partial charge in [0.2, 0.25) is 0 Å². The Hall–Kier alpha value is -0.810. The molecule has 0 saturated heterocycles. The summed E-state index contributed by atoms with van der Waals surface area (Å²) in [5.74, 6) is 0.705. The van der Waals surface area contributed by atoms with Crippen molar-refractivity contribution >= 4 is 11.6 Å². The van der Waals surface area contributed by atoms with Gasteiger partial charge >= 0.3 is 0 Å². The molecule has 0 heterocycles. The Balaban J connectivity index is 2.84. The first-order valence-electron chi connectivity index (χ1n) is 6.02. The lowest BCUT2D eigenvalue weighted by atomic mass is 9.92. The Kier molecular flexibility index (Phi) is 6.07. The zero-order chi connectivity index (χ0) is 14.5. The van der Waals surface area contributed by atoms with Gasteiger partial charge in [0.1, 0.15) is 5.75 Å². The van der Waals surface area contributed by atoms with E-state index in [4.69, 9.17) is 25.8 Å². The zero-order valence-electron chi connectivity index (χ0n) is 11.8. The van der Waals surface area contributed by atoms with Gasteiger partial charge in [0.25, 0.3) is 0 Å². The third-order valence-corrected chi connectivity index (χ3v) is 3.18. The Morgan fingerprint density at radius 1 is 1.26 bits per heavy atom. The summed E-state index contributed by atoms with van der Waals surface area (Å²) in [4.78, 5) is 0. The normalized spacial score (nSPS) is 14.5. The van der Waals surface area contributed by atoms with Gasteiger partial charge in [-0.2, -0.15) is 0 Å². The van der Waals surface area contributed by atoms with E-state index >= 15 is 0 Å². The summed E-state index contributed by atoms with van der Waals surface area (Å²) in [6.07, 6.45) is 0.315. The molecule has 0 aliphatic carbocycles. The molecule has 0 spiro atoms. The Bertz CT molecular complexity index is 402. The smallest absolute Gasteiger partial charge is 0.159 e. The number of halogens is 1. The molecule has 0 aromatic heterocycles. The molecule has 0 bridgehead atoms. The number of benzene rings is 1. The van der Waals surface area contributed by atoms with Gasteiger partial charge < -0.3 is 19.3 Å². The standard InChI is InChI=1S/C14H21ClO4/c1-14(16,9-13(18-3)19-4)8-10-7-11(15)5-6-12(10)17-2/h5-7,13,16H,8-9H2,1-4H3. The lowest BCUT2D eigenvalue weighted by Crippen LogP contribution is -2.34. The summed E-state index contributed by atoms with van der Waals surface area (Å²) >= 11 is 5.98. The number of hydrogen-bond acceptors (Lipinski definition) is 4. The minimum atomic E-state index is -0.978. The lowest BCUT2D eigenvalue weighted by Gasteiger charge is -2.27.